The first-order chi connectivity index (χ1) is 15.3. The molecule has 1 amide bonds. The number of ketones is 1. The SMILES string of the molecule is CC(=O)CCc1ccc(OCC(O)CN2CCN(C(=O)c3ccc(Cl)cc3F)CC2)cc1. The Balaban J connectivity index is 1.40. The fraction of sp³-hybridized carbons (Fsp3) is 0.417. The summed E-state index contributed by atoms with van der Waals surface area (Å²) in [6.07, 6.45) is 0.549. The minimum absolute atomic E-state index is 0.0172. The Bertz CT molecular complexity index is 930. The number of piperazine rings is 1. The van der Waals surface area contributed by atoms with Crippen molar-refractivity contribution in [3.05, 3.63) is 64.4 Å². The van der Waals surface area contributed by atoms with Gasteiger partial charge in [-0.3, -0.25) is 9.69 Å². The summed E-state index contributed by atoms with van der Waals surface area (Å²) >= 11 is 5.75. The van der Waals surface area contributed by atoms with Crippen LogP contribution < -0.4 is 4.74 Å². The zero-order chi connectivity index (χ0) is 23.1. The number of amides is 1. The lowest BCUT2D eigenvalue weighted by Crippen LogP contribution is -2.51. The lowest BCUT2D eigenvalue weighted by Gasteiger charge is -2.35. The molecule has 1 aliphatic rings. The van der Waals surface area contributed by atoms with Crippen molar-refractivity contribution >= 4 is 23.3 Å². The monoisotopic (exact) mass is 462 g/mol. The predicted molar refractivity (Wildman–Crippen MR) is 121 cm³/mol. The number of carbonyl (C=O) groups is 2. The molecule has 1 fully saturated rings. The largest absolute Gasteiger partial charge is 0.491 e. The molecule has 8 heteroatoms. The molecule has 1 saturated heterocycles. The molecule has 2 aromatic rings. The molecule has 1 N–H and O–H groups in total. The third-order valence-corrected chi connectivity index (χ3v) is 5.66. The van der Waals surface area contributed by atoms with Crippen LogP contribution in [-0.4, -0.2) is 72.0 Å². The minimum atomic E-state index is -0.677. The van der Waals surface area contributed by atoms with Crippen molar-refractivity contribution in [2.45, 2.75) is 25.9 Å². The van der Waals surface area contributed by atoms with Crippen LogP contribution in [-0.2, 0) is 11.2 Å². The fourth-order valence-electron chi connectivity index (χ4n) is 3.58. The number of Topliss-reactive ketones (excluding diaryl/α,β-unsaturated/α-hetero) is 1. The maximum atomic E-state index is 14.0. The first-order valence-corrected chi connectivity index (χ1v) is 11.1. The standard InChI is InChI=1S/C24H28ClFN2O4/c1-17(29)2-3-18-4-7-21(8-5-18)32-16-20(30)15-27-10-12-28(13-11-27)24(31)22-9-6-19(25)14-23(22)26/h4-9,14,20,30H,2-3,10-13,15-16H2,1H3. The van der Waals surface area contributed by atoms with Crippen LogP contribution in [0.3, 0.4) is 0 Å². The van der Waals surface area contributed by atoms with Gasteiger partial charge in [0.25, 0.3) is 5.91 Å². The van der Waals surface area contributed by atoms with Crippen LogP contribution in [0.5, 0.6) is 5.75 Å². The summed E-state index contributed by atoms with van der Waals surface area (Å²) in [5.74, 6) is -0.148. The van der Waals surface area contributed by atoms with Crippen molar-refractivity contribution < 1.29 is 23.8 Å². The van der Waals surface area contributed by atoms with E-state index < -0.39 is 11.9 Å². The normalized spacial score (nSPS) is 15.4. The predicted octanol–water partition coefficient (Wildman–Crippen LogP) is 3.20. The van der Waals surface area contributed by atoms with E-state index in [2.05, 4.69) is 4.90 Å². The Kier molecular flexibility index (Phi) is 8.61. The summed E-state index contributed by atoms with van der Waals surface area (Å²) in [4.78, 5) is 27.3. The maximum Gasteiger partial charge on any atom is 0.256 e. The van der Waals surface area contributed by atoms with Gasteiger partial charge in [0.1, 0.15) is 30.1 Å². The van der Waals surface area contributed by atoms with E-state index >= 15 is 0 Å². The molecule has 172 valence electrons. The molecule has 0 saturated carbocycles. The van der Waals surface area contributed by atoms with Crippen LogP contribution >= 0.6 is 11.6 Å². The van der Waals surface area contributed by atoms with Crippen molar-refractivity contribution in [3.8, 4) is 5.75 Å². The van der Waals surface area contributed by atoms with Gasteiger partial charge >= 0.3 is 0 Å². The molecule has 3 rings (SSSR count). The second kappa shape index (κ2) is 11.4. The smallest absolute Gasteiger partial charge is 0.256 e. The third-order valence-electron chi connectivity index (χ3n) is 5.42. The van der Waals surface area contributed by atoms with E-state index in [1.165, 1.54) is 12.1 Å². The van der Waals surface area contributed by atoms with Crippen molar-refractivity contribution in [1.82, 2.24) is 9.80 Å². The molecule has 0 spiro atoms. The highest BCUT2D eigenvalue weighted by Crippen LogP contribution is 2.18. The Hall–Kier alpha value is -2.48. The van der Waals surface area contributed by atoms with Gasteiger partial charge in [0, 0.05) is 44.2 Å². The number of hydrogen-bond acceptors (Lipinski definition) is 5. The van der Waals surface area contributed by atoms with Crippen molar-refractivity contribution in [2.75, 3.05) is 39.3 Å². The molecule has 32 heavy (non-hydrogen) atoms. The van der Waals surface area contributed by atoms with E-state index in [9.17, 15) is 19.1 Å². The van der Waals surface area contributed by atoms with Gasteiger partial charge in [-0.25, -0.2) is 4.39 Å². The molecule has 0 aromatic heterocycles. The third kappa shape index (κ3) is 7.02. The van der Waals surface area contributed by atoms with E-state index in [0.717, 1.165) is 11.6 Å². The molecule has 6 nitrogen and oxygen atoms in total. The number of halogens is 2. The summed E-state index contributed by atoms with van der Waals surface area (Å²) in [6, 6.07) is 11.6. The quantitative estimate of drug-likeness (QED) is 0.619. The topological polar surface area (TPSA) is 70.1 Å². The van der Waals surface area contributed by atoms with Crippen molar-refractivity contribution in [1.29, 1.82) is 0 Å². The lowest BCUT2D eigenvalue weighted by atomic mass is 10.1. The van der Waals surface area contributed by atoms with Crippen LogP contribution in [0.25, 0.3) is 0 Å². The van der Waals surface area contributed by atoms with E-state index in [-0.39, 0.29) is 28.9 Å². The molecule has 1 aliphatic heterocycles. The number of nitrogens with zero attached hydrogens (tertiary/aromatic N) is 2. The Morgan fingerprint density at radius 1 is 1.12 bits per heavy atom. The highest BCUT2D eigenvalue weighted by molar-refractivity contribution is 6.30. The highest BCUT2D eigenvalue weighted by atomic mass is 35.5. The first kappa shape index (κ1) is 24.2. The number of aryl methyl sites for hydroxylation is 1. The zero-order valence-corrected chi connectivity index (χ0v) is 18.9. The van der Waals surface area contributed by atoms with Gasteiger partial charge in [0.15, 0.2) is 0 Å². The van der Waals surface area contributed by atoms with E-state index in [1.54, 1.807) is 11.8 Å². The molecule has 1 atom stereocenters. The number of β-amino-alcohol motifs (C(OH)–C–C–N with tert-alkyl or cyclic N) is 1. The summed E-state index contributed by atoms with van der Waals surface area (Å²) in [5, 5.41) is 10.6. The van der Waals surface area contributed by atoms with E-state index in [4.69, 9.17) is 16.3 Å². The van der Waals surface area contributed by atoms with Gasteiger partial charge in [-0.2, -0.15) is 0 Å². The minimum Gasteiger partial charge on any atom is -0.491 e. The fourth-order valence-corrected chi connectivity index (χ4v) is 3.74. The Labute approximate surface area is 192 Å². The number of aliphatic hydroxyl groups is 1. The molecule has 1 unspecified atom stereocenters. The van der Waals surface area contributed by atoms with Gasteiger partial charge in [-0.15, -0.1) is 0 Å². The van der Waals surface area contributed by atoms with Crippen LogP contribution in [0, 0.1) is 5.82 Å². The van der Waals surface area contributed by atoms with Crippen LogP contribution in [0.2, 0.25) is 5.02 Å². The molecule has 0 radical (unpaired) electrons. The zero-order valence-electron chi connectivity index (χ0n) is 18.1. The van der Waals surface area contributed by atoms with Crippen molar-refractivity contribution in [2.24, 2.45) is 0 Å². The molecule has 2 aromatic carbocycles. The van der Waals surface area contributed by atoms with Gasteiger partial charge in [0.2, 0.25) is 0 Å². The molecule has 1 heterocycles. The molecular formula is C24H28ClFN2O4. The number of benzene rings is 2. The summed E-state index contributed by atoms with van der Waals surface area (Å²) in [5.41, 5.74) is 1.09. The van der Waals surface area contributed by atoms with E-state index in [1.807, 2.05) is 24.3 Å². The summed E-state index contributed by atoms with van der Waals surface area (Å²) in [7, 11) is 0. The van der Waals surface area contributed by atoms with Gasteiger partial charge in [0.05, 0.1) is 5.56 Å². The number of ether oxygens (including phenoxy) is 1. The maximum absolute atomic E-state index is 14.0. The van der Waals surface area contributed by atoms with E-state index in [0.29, 0.717) is 51.3 Å². The molecule has 0 bridgehead atoms. The first-order valence-electron chi connectivity index (χ1n) is 10.7. The Morgan fingerprint density at radius 3 is 2.44 bits per heavy atom. The number of hydrogen-bond donors (Lipinski definition) is 1. The molecule has 0 aliphatic carbocycles. The van der Waals surface area contributed by atoms with Crippen LogP contribution in [0.1, 0.15) is 29.3 Å². The highest BCUT2D eigenvalue weighted by Gasteiger charge is 2.25. The van der Waals surface area contributed by atoms with Crippen LogP contribution in [0.4, 0.5) is 4.39 Å². The number of aliphatic hydroxyl groups excluding tert-OH is 1. The van der Waals surface area contributed by atoms with Gasteiger partial charge in [-0.1, -0.05) is 23.7 Å². The molecular weight excluding hydrogens is 435 g/mol. The second-order valence-corrected chi connectivity index (χ2v) is 8.46. The Morgan fingerprint density at radius 2 is 1.81 bits per heavy atom. The van der Waals surface area contributed by atoms with Crippen LogP contribution in [0.15, 0.2) is 42.5 Å². The summed E-state index contributed by atoms with van der Waals surface area (Å²) < 4.78 is 19.7. The van der Waals surface area contributed by atoms with Gasteiger partial charge < -0.3 is 19.5 Å². The number of carbonyl (C=O) groups excluding carboxylic acids is 2. The average molecular weight is 463 g/mol. The average Bonchev–Trinajstić information content (AvgIpc) is 2.77. The lowest BCUT2D eigenvalue weighted by molar-refractivity contribution is -0.116. The number of rotatable bonds is 9. The van der Waals surface area contributed by atoms with Crippen molar-refractivity contribution in [3.63, 3.8) is 0 Å². The second-order valence-electron chi connectivity index (χ2n) is 8.03. The van der Waals surface area contributed by atoms with Gasteiger partial charge in [-0.05, 0) is 49.2 Å². The summed E-state index contributed by atoms with van der Waals surface area (Å²) in [6.45, 7) is 4.24.